The van der Waals surface area contributed by atoms with Gasteiger partial charge in [0.25, 0.3) is 0 Å². The summed E-state index contributed by atoms with van der Waals surface area (Å²) in [4.78, 5) is 24.5. The molecule has 5 heteroatoms. The van der Waals surface area contributed by atoms with Crippen LogP contribution in [0.3, 0.4) is 0 Å². The standard InChI is InChI=1S/C15H25NO4/c1-7-13(8-11(2)3)20-14(17)9-16(6)15(18)19-10-12(4)5/h12H,7,9-10H2,1-6H3. The van der Waals surface area contributed by atoms with Crippen molar-refractivity contribution in [3.63, 3.8) is 0 Å². The van der Waals surface area contributed by atoms with Gasteiger partial charge in [-0.1, -0.05) is 26.5 Å². The number of ether oxygens (including phenoxy) is 2. The Morgan fingerprint density at radius 1 is 1.25 bits per heavy atom. The topological polar surface area (TPSA) is 55.8 Å². The molecule has 0 N–H and O–H groups in total. The van der Waals surface area contributed by atoms with Crippen LogP contribution in [0.15, 0.2) is 17.1 Å². The van der Waals surface area contributed by atoms with E-state index in [9.17, 15) is 9.59 Å². The fraction of sp³-hybridized carbons (Fsp3) is 0.667. The maximum atomic E-state index is 11.7. The van der Waals surface area contributed by atoms with Gasteiger partial charge in [-0.15, -0.1) is 0 Å². The second kappa shape index (κ2) is 9.21. The molecule has 114 valence electrons. The van der Waals surface area contributed by atoms with Gasteiger partial charge in [0.05, 0.1) is 6.61 Å². The van der Waals surface area contributed by atoms with Crippen LogP contribution in [0.5, 0.6) is 0 Å². The van der Waals surface area contributed by atoms with Gasteiger partial charge in [-0.2, -0.15) is 0 Å². The summed E-state index contributed by atoms with van der Waals surface area (Å²) in [5.41, 5.74) is 3.89. The zero-order chi connectivity index (χ0) is 15.7. The van der Waals surface area contributed by atoms with Crippen LogP contribution >= 0.6 is 0 Å². The van der Waals surface area contributed by atoms with Crippen molar-refractivity contribution in [2.45, 2.75) is 41.0 Å². The van der Waals surface area contributed by atoms with E-state index in [0.717, 1.165) is 5.57 Å². The molecule has 0 radical (unpaired) electrons. The number of nitrogens with zero attached hydrogens (tertiary/aromatic N) is 1. The summed E-state index contributed by atoms with van der Waals surface area (Å²) in [6.45, 7) is 9.69. The maximum Gasteiger partial charge on any atom is 0.410 e. The van der Waals surface area contributed by atoms with Crippen molar-refractivity contribution in [3.8, 4) is 0 Å². The van der Waals surface area contributed by atoms with E-state index in [4.69, 9.17) is 9.47 Å². The van der Waals surface area contributed by atoms with Gasteiger partial charge >= 0.3 is 12.1 Å². The summed E-state index contributed by atoms with van der Waals surface area (Å²) >= 11 is 0. The lowest BCUT2D eigenvalue weighted by Gasteiger charge is -2.17. The Hall–Kier alpha value is -1.74. The molecule has 0 saturated heterocycles. The molecule has 20 heavy (non-hydrogen) atoms. The molecule has 0 fully saturated rings. The molecule has 0 aliphatic heterocycles. The Bertz CT molecular complexity index is 402. The second-order valence-electron chi connectivity index (χ2n) is 5.20. The number of amides is 1. The number of hydrogen-bond donors (Lipinski definition) is 0. The highest BCUT2D eigenvalue weighted by Gasteiger charge is 2.16. The molecule has 0 aromatic carbocycles. The van der Waals surface area contributed by atoms with Crippen molar-refractivity contribution in [2.24, 2.45) is 5.92 Å². The van der Waals surface area contributed by atoms with E-state index in [1.165, 1.54) is 11.9 Å². The van der Waals surface area contributed by atoms with E-state index >= 15 is 0 Å². The zero-order valence-corrected chi connectivity index (χ0v) is 13.3. The highest BCUT2D eigenvalue weighted by Crippen LogP contribution is 2.04. The van der Waals surface area contributed by atoms with E-state index in [-0.39, 0.29) is 12.5 Å². The molecule has 0 rings (SSSR count). The van der Waals surface area contributed by atoms with Crippen LogP contribution in [0.2, 0.25) is 0 Å². The molecule has 0 aromatic rings. The minimum Gasteiger partial charge on any atom is -0.449 e. The minimum absolute atomic E-state index is 0.148. The van der Waals surface area contributed by atoms with E-state index in [0.29, 0.717) is 18.8 Å². The van der Waals surface area contributed by atoms with Gasteiger partial charge in [-0.05, 0) is 25.3 Å². The van der Waals surface area contributed by atoms with Gasteiger partial charge < -0.3 is 14.4 Å². The molecule has 5 nitrogen and oxygen atoms in total. The molecular weight excluding hydrogens is 258 g/mol. The van der Waals surface area contributed by atoms with Gasteiger partial charge in [0.1, 0.15) is 12.3 Å². The molecule has 0 bridgehead atoms. The van der Waals surface area contributed by atoms with Gasteiger partial charge in [-0.3, -0.25) is 0 Å². The van der Waals surface area contributed by atoms with Crippen LogP contribution in [-0.4, -0.2) is 37.2 Å². The third-order valence-corrected chi connectivity index (χ3v) is 2.17. The smallest absolute Gasteiger partial charge is 0.410 e. The minimum atomic E-state index is -0.528. The molecule has 1 amide bonds. The lowest BCUT2D eigenvalue weighted by Crippen LogP contribution is -2.34. The van der Waals surface area contributed by atoms with Crippen LogP contribution in [-0.2, 0) is 14.3 Å². The number of allylic oxidation sites excluding steroid dienone is 1. The van der Waals surface area contributed by atoms with E-state index in [2.05, 4.69) is 5.73 Å². The summed E-state index contributed by atoms with van der Waals surface area (Å²) in [6.07, 6.45) is 0.0400. The quantitative estimate of drug-likeness (QED) is 0.427. The molecule has 0 unspecified atom stereocenters. The molecule has 0 atom stereocenters. The summed E-state index contributed by atoms with van der Waals surface area (Å²) in [7, 11) is 1.50. The zero-order valence-electron chi connectivity index (χ0n) is 13.3. The Balaban J connectivity index is 4.39. The Morgan fingerprint density at radius 3 is 2.30 bits per heavy atom. The normalized spacial score (nSPS) is 9.75. The number of hydrogen-bond acceptors (Lipinski definition) is 4. The van der Waals surface area contributed by atoms with Crippen LogP contribution in [0.4, 0.5) is 4.79 Å². The third kappa shape index (κ3) is 8.38. The fourth-order valence-electron chi connectivity index (χ4n) is 1.24. The van der Waals surface area contributed by atoms with Crippen LogP contribution in [0, 0.1) is 5.92 Å². The third-order valence-electron chi connectivity index (χ3n) is 2.17. The maximum absolute atomic E-state index is 11.7. The molecule has 0 saturated carbocycles. The van der Waals surface area contributed by atoms with Gasteiger partial charge in [0.15, 0.2) is 0 Å². The van der Waals surface area contributed by atoms with E-state index in [1.54, 1.807) is 0 Å². The molecule has 0 heterocycles. The number of esters is 1. The summed E-state index contributed by atoms with van der Waals surface area (Å²) in [5.74, 6) is 0.227. The lowest BCUT2D eigenvalue weighted by molar-refractivity contribution is -0.140. The number of likely N-dealkylation sites (N-methyl/N-ethyl adjacent to an activating group) is 1. The van der Waals surface area contributed by atoms with Crippen molar-refractivity contribution >= 4 is 12.1 Å². The molecule has 0 spiro atoms. The first-order valence-electron chi connectivity index (χ1n) is 6.77. The summed E-state index contributed by atoms with van der Waals surface area (Å²) in [6, 6.07) is 0. The number of carbonyl (C=O) groups excluding carboxylic acids is 2. The van der Waals surface area contributed by atoms with Gasteiger partial charge in [0, 0.05) is 13.5 Å². The van der Waals surface area contributed by atoms with Crippen LogP contribution in [0.1, 0.15) is 41.0 Å². The Morgan fingerprint density at radius 2 is 1.85 bits per heavy atom. The average molecular weight is 283 g/mol. The first kappa shape index (κ1) is 18.3. The van der Waals surface area contributed by atoms with Crippen molar-refractivity contribution in [1.82, 2.24) is 4.90 Å². The average Bonchev–Trinajstić information content (AvgIpc) is 2.34. The first-order chi connectivity index (χ1) is 9.26. The monoisotopic (exact) mass is 283 g/mol. The van der Waals surface area contributed by atoms with Crippen molar-refractivity contribution in [2.75, 3.05) is 20.2 Å². The van der Waals surface area contributed by atoms with Gasteiger partial charge in [0.2, 0.25) is 0 Å². The molecule has 0 aliphatic carbocycles. The van der Waals surface area contributed by atoms with Crippen molar-refractivity contribution in [1.29, 1.82) is 0 Å². The predicted molar refractivity (Wildman–Crippen MR) is 77.1 cm³/mol. The van der Waals surface area contributed by atoms with Crippen LogP contribution in [0.25, 0.3) is 0 Å². The summed E-state index contributed by atoms with van der Waals surface area (Å²) < 4.78 is 10.2. The Kier molecular flexibility index (Phi) is 8.41. The van der Waals surface area contributed by atoms with Crippen molar-refractivity contribution in [3.05, 3.63) is 17.1 Å². The number of carbonyl (C=O) groups is 2. The van der Waals surface area contributed by atoms with E-state index in [1.807, 2.05) is 34.6 Å². The highest BCUT2D eigenvalue weighted by atomic mass is 16.6. The fourth-order valence-corrected chi connectivity index (χ4v) is 1.24. The van der Waals surface area contributed by atoms with Crippen molar-refractivity contribution < 1.29 is 19.1 Å². The molecular formula is C15H25NO4. The Labute approximate surface area is 121 Å². The second-order valence-corrected chi connectivity index (χ2v) is 5.20. The molecule has 0 aromatic heterocycles. The largest absolute Gasteiger partial charge is 0.449 e. The lowest BCUT2D eigenvalue weighted by atomic mass is 10.2. The van der Waals surface area contributed by atoms with Crippen LogP contribution < -0.4 is 0 Å². The van der Waals surface area contributed by atoms with Gasteiger partial charge in [-0.25, -0.2) is 9.59 Å². The number of rotatable bonds is 6. The SMILES string of the molecule is CCC(=C=C(C)C)OC(=O)CN(C)C(=O)OCC(C)C. The highest BCUT2D eigenvalue weighted by molar-refractivity contribution is 5.78. The van der Waals surface area contributed by atoms with E-state index < -0.39 is 12.1 Å². The first-order valence-corrected chi connectivity index (χ1v) is 6.77. The molecule has 0 aliphatic rings. The predicted octanol–water partition coefficient (Wildman–Crippen LogP) is 3.11. The summed E-state index contributed by atoms with van der Waals surface area (Å²) in [5, 5.41) is 0.